The zero-order valence-electron chi connectivity index (χ0n) is 12.7. The van der Waals surface area contributed by atoms with Gasteiger partial charge in [-0.1, -0.05) is 46.3 Å². The average Bonchev–Trinajstić information content (AvgIpc) is 2.62. The lowest BCUT2D eigenvalue weighted by molar-refractivity contribution is -0.0231. The zero-order valence-corrected chi connectivity index (χ0v) is 14.3. The Bertz CT molecular complexity index is 688. The third kappa shape index (κ3) is 3.63. The van der Waals surface area contributed by atoms with E-state index in [0.717, 1.165) is 15.6 Å². The second-order valence-corrected chi connectivity index (χ2v) is 6.39. The lowest BCUT2D eigenvalue weighted by Crippen LogP contribution is -2.42. The third-order valence-electron chi connectivity index (χ3n) is 4.04. The number of carbonyl (C=O) groups excluding carboxylic acids is 1. The zero-order chi connectivity index (χ0) is 16.2. The molecule has 1 amide bonds. The van der Waals surface area contributed by atoms with Crippen LogP contribution in [0.1, 0.15) is 27.6 Å². The van der Waals surface area contributed by atoms with Crippen molar-refractivity contribution in [3.63, 3.8) is 0 Å². The molecule has 0 radical (unpaired) electrons. The van der Waals surface area contributed by atoms with Crippen molar-refractivity contribution >= 4 is 21.8 Å². The molecule has 120 valence electrons. The van der Waals surface area contributed by atoms with Crippen molar-refractivity contribution in [3.8, 4) is 0 Å². The molecule has 5 heteroatoms. The van der Waals surface area contributed by atoms with E-state index in [1.807, 2.05) is 53.4 Å². The number of halogens is 1. The summed E-state index contributed by atoms with van der Waals surface area (Å²) in [7, 11) is 0. The first kappa shape index (κ1) is 16.2. The first-order valence-corrected chi connectivity index (χ1v) is 8.42. The third-order valence-corrected chi connectivity index (χ3v) is 4.76. The topological polar surface area (TPSA) is 55.6 Å². The number of hydrogen-bond donors (Lipinski definition) is 1. The van der Waals surface area contributed by atoms with Gasteiger partial charge in [-0.2, -0.15) is 0 Å². The fourth-order valence-electron chi connectivity index (χ4n) is 2.72. The molecule has 1 aliphatic rings. The van der Waals surface area contributed by atoms with Crippen LogP contribution in [0.3, 0.4) is 0 Å². The maximum Gasteiger partial charge on any atom is 0.254 e. The van der Waals surface area contributed by atoms with E-state index in [9.17, 15) is 4.79 Å². The van der Waals surface area contributed by atoms with Gasteiger partial charge in [-0.3, -0.25) is 4.79 Å². The predicted octanol–water partition coefficient (Wildman–Crippen LogP) is 3.12. The van der Waals surface area contributed by atoms with Gasteiger partial charge in [0.1, 0.15) is 6.10 Å². The van der Waals surface area contributed by atoms with Crippen molar-refractivity contribution in [1.29, 1.82) is 0 Å². The lowest BCUT2D eigenvalue weighted by Gasteiger charge is -2.33. The lowest BCUT2D eigenvalue weighted by atomic mass is 10.1. The fraction of sp³-hybridized carbons (Fsp3) is 0.278. The van der Waals surface area contributed by atoms with Crippen LogP contribution in [0, 0.1) is 0 Å². The van der Waals surface area contributed by atoms with Gasteiger partial charge in [0.15, 0.2) is 0 Å². The molecule has 0 bridgehead atoms. The number of nitrogens with zero attached hydrogens (tertiary/aromatic N) is 1. The number of hydrogen-bond acceptors (Lipinski definition) is 3. The highest BCUT2D eigenvalue weighted by atomic mass is 79.9. The monoisotopic (exact) mass is 374 g/mol. The number of amides is 1. The van der Waals surface area contributed by atoms with Crippen molar-refractivity contribution in [2.24, 2.45) is 5.73 Å². The molecule has 23 heavy (non-hydrogen) atoms. The van der Waals surface area contributed by atoms with Crippen molar-refractivity contribution in [2.45, 2.75) is 12.6 Å². The predicted molar refractivity (Wildman–Crippen MR) is 93.1 cm³/mol. The van der Waals surface area contributed by atoms with E-state index in [0.29, 0.717) is 31.8 Å². The summed E-state index contributed by atoms with van der Waals surface area (Å²) >= 11 is 3.55. The maximum absolute atomic E-state index is 12.7. The molecule has 1 fully saturated rings. The van der Waals surface area contributed by atoms with Gasteiger partial charge in [-0.15, -0.1) is 0 Å². The van der Waals surface area contributed by atoms with Crippen molar-refractivity contribution in [1.82, 2.24) is 4.90 Å². The highest BCUT2D eigenvalue weighted by Gasteiger charge is 2.27. The van der Waals surface area contributed by atoms with Gasteiger partial charge in [0.25, 0.3) is 5.91 Å². The minimum atomic E-state index is -0.105. The van der Waals surface area contributed by atoms with E-state index in [1.54, 1.807) is 0 Å². The van der Waals surface area contributed by atoms with E-state index in [-0.39, 0.29) is 12.0 Å². The second-order valence-electron chi connectivity index (χ2n) is 5.53. The minimum absolute atomic E-state index is 0.0360. The van der Waals surface area contributed by atoms with E-state index in [1.165, 1.54) is 0 Å². The minimum Gasteiger partial charge on any atom is -0.370 e. The number of carbonyl (C=O) groups is 1. The Morgan fingerprint density at radius 1 is 1.22 bits per heavy atom. The molecule has 2 aromatic carbocycles. The Kier molecular flexibility index (Phi) is 5.10. The summed E-state index contributed by atoms with van der Waals surface area (Å²) in [6, 6.07) is 15.5. The average molecular weight is 375 g/mol. The van der Waals surface area contributed by atoms with Crippen LogP contribution in [0.15, 0.2) is 53.0 Å². The van der Waals surface area contributed by atoms with E-state index in [2.05, 4.69) is 15.9 Å². The quantitative estimate of drug-likeness (QED) is 0.897. The molecule has 0 saturated carbocycles. The molecule has 2 N–H and O–H groups in total. The maximum atomic E-state index is 12.7. The van der Waals surface area contributed by atoms with Crippen LogP contribution < -0.4 is 5.73 Å². The summed E-state index contributed by atoms with van der Waals surface area (Å²) in [4.78, 5) is 14.5. The highest BCUT2D eigenvalue weighted by molar-refractivity contribution is 9.10. The number of morpholine rings is 1. The molecule has 1 saturated heterocycles. The van der Waals surface area contributed by atoms with E-state index >= 15 is 0 Å². The largest absolute Gasteiger partial charge is 0.370 e. The Balaban J connectivity index is 1.75. The normalized spacial score (nSPS) is 18.0. The number of ether oxygens (including phenoxy) is 1. The van der Waals surface area contributed by atoms with Crippen molar-refractivity contribution < 1.29 is 9.53 Å². The molecule has 1 atom stereocenters. The molecular weight excluding hydrogens is 356 g/mol. The van der Waals surface area contributed by atoms with Gasteiger partial charge in [0.05, 0.1) is 13.2 Å². The van der Waals surface area contributed by atoms with Crippen LogP contribution in [-0.2, 0) is 11.3 Å². The molecule has 0 aliphatic carbocycles. The summed E-state index contributed by atoms with van der Waals surface area (Å²) in [5.41, 5.74) is 8.38. The Morgan fingerprint density at radius 2 is 1.96 bits per heavy atom. The van der Waals surface area contributed by atoms with Crippen LogP contribution in [-0.4, -0.2) is 30.5 Å². The Labute approximate surface area is 144 Å². The van der Waals surface area contributed by atoms with E-state index < -0.39 is 0 Å². The number of benzene rings is 2. The van der Waals surface area contributed by atoms with Crippen LogP contribution in [0.2, 0.25) is 0 Å². The SMILES string of the molecule is NCc1ccc(C(=O)N2CCOC(c3ccccc3Br)C2)cc1. The van der Waals surface area contributed by atoms with Gasteiger partial charge < -0.3 is 15.4 Å². The van der Waals surface area contributed by atoms with Gasteiger partial charge in [-0.05, 0) is 29.3 Å². The van der Waals surface area contributed by atoms with Crippen molar-refractivity contribution in [3.05, 3.63) is 69.7 Å². The summed E-state index contributed by atoms with van der Waals surface area (Å²) < 4.78 is 6.86. The van der Waals surface area contributed by atoms with Crippen LogP contribution >= 0.6 is 15.9 Å². The van der Waals surface area contributed by atoms with Crippen LogP contribution in [0.5, 0.6) is 0 Å². The first-order valence-electron chi connectivity index (χ1n) is 7.63. The molecule has 1 heterocycles. The summed E-state index contributed by atoms with van der Waals surface area (Å²) in [5, 5.41) is 0. The number of nitrogens with two attached hydrogens (primary N) is 1. The number of rotatable bonds is 3. The molecular formula is C18H19BrN2O2. The van der Waals surface area contributed by atoms with Crippen molar-refractivity contribution in [2.75, 3.05) is 19.7 Å². The van der Waals surface area contributed by atoms with Gasteiger partial charge >= 0.3 is 0 Å². The molecule has 0 spiro atoms. The van der Waals surface area contributed by atoms with Crippen LogP contribution in [0.25, 0.3) is 0 Å². The molecule has 2 aromatic rings. The molecule has 0 aromatic heterocycles. The molecule has 1 unspecified atom stereocenters. The van der Waals surface area contributed by atoms with Gasteiger partial charge in [0.2, 0.25) is 0 Å². The second kappa shape index (κ2) is 7.25. The first-order chi connectivity index (χ1) is 11.2. The van der Waals surface area contributed by atoms with Gasteiger partial charge in [-0.25, -0.2) is 0 Å². The fourth-order valence-corrected chi connectivity index (χ4v) is 3.26. The molecule has 1 aliphatic heterocycles. The summed E-state index contributed by atoms with van der Waals surface area (Å²) in [6.07, 6.45) is -0.105. The highest BCUT2D eigenvalue weighted by Crippen LogP contribution is 2.29. The Morgan fingerprint density at radius 3 is 2.65 bits per heavy atom. The Hall–Kier alpha value is -1.69. The smallest absolute Gasteiger partial charge is 0.254 e. The van der Waals surface area contributed by atoms with Crippen LogP contribution in [0.4, 0.5) is 0 Å². The summed E-state index contributed by atoms with van der Waals surface area (Å²) in [6.45, 7) is 2.19. The molecule has 3 rings (SSSR count). The standard InChI is InChI=1S/C18H19BrN2O2/c19-16-4-2-1-3-15(16)17-12-21(9-10-23-17)18(22)14-7-5-13(11-20)6-8-14/h1-8,17H,9-12,20H2. The summed E-state index contributed by atoms with van der Waals surface area (Å²) in [5.74, 6) is 0.0360. The van der Waals surface area contributed by atoms with E-state index in [4.69, 9.17) is 10.5 Å². The molecule has 4 nitrogen and oxygen atoms in total. The van der Waals surface area contributed by atoms with Gasteiger partial charge in [0, 0.05) is 23.1 Å².